The van der Waals surface area contributed by atoms with Gasteiger partial charge in [0.15, 0.2) is 5.13 Å². The van der Waals surface area contributed by atoms with Gasteiger partial charge in [-0.15, -0.1) is 22.9 Å². The fourth-order valence-electron chi connectivity index (χ4n) is 1.46. The van der Waals surface area contributed by atoms with E-state index in [0.29, 0.717) is 5.92 Å². The van der Waals surface area contributed by atoms with Crippen molar-refractivity contribution in [3.05, 3.63) is 11.6 Å². The maximum absolute atomic E-state index is 6.28. The van der Waals surface area contributed by atoms with Crippen LogP contribution in [0.3, 0.4) is 0 Å². The first-order valence-electron chi connectivity index (χ1n) is 5.05. The first-order chi connectivity index (χ1) is 6.77. The molecule has 1 atom stereocenters. The number of rotatable bonds is 6. The summed E-state index contributed by atoms with van der Waals surface area (Å²) in [5.41, 5.74) is 0. The van der Waals surface area contributed by atoms with Crippen molar-refractivity contribution < 1.29 is 0 Å². The van der Waals surface area contributed by atoms with Crippen molar-refractivity contribution in [3.8, 4) is 0 Å². The van der Waals surface area contributed by atoms with Crippen molar-refractivity contribution in [1.29, 1.82) is 0 Å². The second kappa shape index (κ2) is 6.25. The largest absolute Gasteiger partial charge is 0.360 e. The summed E-state index contributed by atoms with van der Waals surface area (Å²) in [6.45, 7) is 5.18. The summed E-state index contributed by atoms with van der Waals surface area (Å²) in [6.07, 6.45) is 4.09. The summed E-state index contributed by atoms with van der Waals surface area (Å²) in [5, 5.41) is 6.37. The molecule has 0 saturated carbocycles. The Hall–Kier alpha value is -0.280. The summed E-state index contributed by atoms with van der Waals surface area (Å²) >= 11 is 7.89. The molecule has 1 aromatic rings. The number of nitrogens with one attached hydrogen (secondary N) is 1. The van der Waals surface area contributed by atoms with Gasteiger partial charge in [-0.25, -0.2) is 4.98 Å². The zero-order valence-electron chi connectivity index (χ0n) is 8.66. The van der Waals surface area contributed by atoms with Crippen LogP contribution in [-0.2, 0) is 0 Å². The normalized spacial score (nSPS) is 13.1. The lowest BCUT2D eigenvalue weighted by Gasteiger charge is -2.19. The van der Waals surface area contributed by atoms with E-state index in [9.17, 15) is 0 Å². The van der Waals surface area contributed by atoms with Gasteiger partial charge in [-0.05, 0) is 5.92 Å². The number of aromatic nitrogens is 1. The van der Waals surface area contributed by atoms with Gasteiger partial charge < -0.3 is 5.32 Å². The molecule has 0 spiro atoms. The molecule has 0 radical (unpaired) electrons. The molecule has 0 fully saturated rings. The minimum Gasteiger partial charge on any atom is -0.360 e. The van der Waals surface area contributed by atoms with Crippen LogP contribution in [0.4, 0.5) is 5.13 Å². The van der Waals surface area contributed by atoms with Gasteiger partial charge in [-0.3, -0.25) is 0 Å². The number of alkyl halides is 1. The molecule has 1 unspecified atom stereocenters. The molecular formula is C10H17ClN2S. The Labute approximate surface area is 94.7 Å². The van der Waals surface area contributed by atoms with Crippen LogP contribution in [0, 0.1) is 5.92 Å². The average molecular weight is 233 g/mol. The van der Waals surface area contributed by atoms with E-state index in [1.165, 1.54) is 0 Å². The van der Waals surface area contributed by atoms with Crippen LogP contribution in [0.25, 0.3) is 0 Å². The van der Waals surface area contributed by atoms with Crippen molar-refractivity contribution in [2.24, 2.45) is 5.92 Å². The van der Waals surface area contributed by atoms with Crippen LogP contribution < -0.4 is 5.32 Å². The van der Waals surface area contributed by atoms with Crippen LogP contribution in [0.5, 0.6) is 0 Å². The zero-order chi connectivity index (χ0) is 10.4. The lowest BCUT2D eigenvalue weighted by Crippen LogP contribution is -2.22. The fraction of sp³-hybridized carbons (Fsp3) is 0.700. The summed E-state index contributed by atoms with van der Waals surface area (Å²) in [5.74, 6) is 0.601. The Balaban J connectivity index is 2.30. The molecule has 0 aromatic carbocycles. The van der Waals surface area contributed by atoms with Crippen molar-refractivity contribution in [2.45, 2.75) is 32.1 Å². The maximum atomic E-state index is 6.28. The predicted octanol–water partition coefficient (Wildman–Crippen LogP) is 3.60. The SMILES string of the molecule is CCC(CC)C(Cl)CNc1nccs1. The summed E-state index contributed by atoms with van der Waals surface area (Å²) in [6, 6.07) is 0. The molecule has 2 nitrogen and oxygen atoms in total. The second-order valence-electron chi connectivity index (χ2n) is 3.31. The van der Waals surface area contributed by atoms with Gasteiger partial charge in [0.25, 0.3) is 0 Å². The van der Waals surface area contributed by atoms with Gasteiger partial charge in [-0.2, -0.15) is 0 Å². The standard InChI is InChI=1S/C10H17ClN2S/c1-3-8(4-2)9(11)7-13-10-12-5-6-14-10/h5-6,8-9H,3-4,7H2,1-2H3,(H,12,13). The number of nitrogens with zero attached hydrogens (tertiary/aromatic N) is 1. The molecule has 0 aliphatic rings. The topological polar surface area (TPSA) is 24.9 Å². The molecule has 0 amide bonds. The van der Waals surface area contributed by atoms with Crippen LogP contribution in [0.2, 0.25) is 0 Å². The van der Waals surface area contributed by atoms with E-state index in [-0.39, 0.29) is 5.38 Å². The highest BCUT2D eigenvalue weighted by Gasteiger charge is 2.15. The molecule has 1 N–H and O–H groups in total. The summed E-state index contributed by atoms with van der Waals surface area (Å²) < 4.78 is 0. The third-order valence-electron chi connectivity index (χ3n) is 2.44. The molecule has 80 valence electrons. The van der Waals surface area contributed by atoms with E-state index >= 15 is 0 Å². The van der Waals surface area contributed by atoms with Gasteiger partial charge in [0.2, 0.25) is 0 Å². The molecule has 0 saturated heterocycles. The smallest absolute Gasteiger partial charge is 0.182 e. The number of hydrogen-bond acceptors (Lipinski definition) is 3. The number of hydrogen-bond donors (Lipinski definition) is 1. The van der Waals surface area contributed by atoms with E-state index in [1.807, 2.05) is 5.38 Å². The molecule has 0 bridgehead atoms. The van der Waals surface area contributed by atoms with Crippen LogP contribution in [-0.4, -0.2) is 16.9 Å². The van der Waals surface area contributed by atoms with Gasteiger partial charge >= 0.3 is 0 Å². The maximum Gasteiger partial charge on any atom is 0.182 e. The van der Waals surface area contributed by atoms with Gasteiger partial charge in [0.05, 0.1) is 5.38 Å². The highest BCUT2D eigenvalue weighted by molar-refractivity contribution is 7.13. The monoisotopic (exact) mass is 232 g/mol. The molecule has 0 aliphatic heterocycles. The third-order valence-corrected chi connectivity index (χ3v) is 3.68. The van der Waals surface area contributed by atoms with Crippen LogP contribution in [0.15, 0.2) is 11.6 Å². The minimum absolute atomic E-state index is 0.203. The van der Waals surface area contributed by atoms with Gasteiger partial charge in [-0.1, -0.05) is 26.7 Å². The number of anilines is 1. The minimum atomic E-state index is 0.203. The Kier molecular flexibility index (Phi) is 5.26. The molecule has 0 aliphatic carbocycles. The lowest BCUT2D eigenvalue weighted by molar-refractivity contribution is 0.475. The fourth-order valence-corrected chi connectivity index (χ4v) is 2.43. The molecule has 1 heterocycles. The lowest BCUT2D eigenvalue weighted by atomic mass is 9.99. The molecule has 14 heavy (non-hydrogen) atoms. The molecule has 1 rings (SSSR count). The Morgan fingerprint density at radius 1 is 1.50 bits per heavy atom. The predicted molar refractivity (Wildman–Crippen MR) is 64.3 cm³/mol. The van der Waals surface area contributed by atoms with Crippen LogP contribution in [0.1, 0.15) is 26.7 Å². The quantitative estimate of drug-likeness (QED) is 0.759. The van der Waals surface area contributed by atoms with Crippen molar-refractivity contribution >= 4 is 28.1 Å². The Morgan fingerprint density at radius 3 is 2.71 bits per heavy atom. The average Bonchev–Trinajstić information content (AvgIpc) is 2.69. The Bertz CT molecular complexity index is 234. The van der Waals surface area contributed by atoms with Crippen molar-refractivity contribution in [3.63, 3.8) is 0 Å². The van der Waals surface area contributed by atoms with E-state index in [1.54, 1.807) is 17.5 Å². The summed E-state index contributed by atoms with van der Waals surface area (Å²) in [7, 11) is 0. The molecule has 1 aromatic heterocycles. The van der Waals surface area contributed by atoms with E-state index in [4.69, 9.17) is 11.6 Å². The third kappa shape index (κ3) is 3.46. The first-order valence-corrected chi connectivity index (χ1v) is 6.37. The van der Waals surface area contributed by atoms with Gasteiger partial charge in [0, 0.05) is 18.1 Å². The van der Waals surface area contributed by atoms with E-state index < -0.39 is 0 Å². The zero-order valence-corrected chi connectivity index (χ0v) is 10.2. The molecule has 4 heteroatoms. The van der Waals surface area contributed by atoms with Crippen molar-refractivity contribution in [1.82, 2.24) is 4.98 Å². The van der Waals surface area contributed by atoms with Crippen molar-refractivity contribution in [2.75, 3.05) is 11.9 Å². The van der Waals surface area contributed by atoms with E-state index in [2.05, 4.69) is 24.1 Å². The first kappa shape index (κ1) is 11.8. The van der Waals surface area contributed by atoms with Crippen LogP contribution >= 0.6 is 22.9 Å². The summed E-state index contributed by atoms with van der Waals surface area (Å²) in [4.78, 5) is 4.15. The number of halogens is 1. The van der Waals surface area contributed by atoms with Gasteiger partial charge in [0.1, 0.15) is 0 Å². The van der Waals surface area contributed by atoms with E-state index in [0.717, 1.165) is 24.5 Å². The second-order valence-corrected chi connectivity index (χ2v) is 4.77. The highest BCUT2D eigenvalue weighted by Crippen LogP contribution is 2.19. The number of thiazole rings is 1. The molecular weight excluding hydrogens is 216 g/mol. The highest BCUT2D eigenvalue weighted by atomic mass is 35.5. The Morgan fingerprint density at radius 2 is 2.21 bits per heavy atom.